The monoisotopic (exact) mass is 284 g/mol. The number of aromatic nitrogens is 1. The third-order valence-electron chi connectivity index (χ3n) is 3.29. The number of rotatable bonds is 2. The van der Waals surface area contributed by atoms with Crippen LogP contribution < -0.4 is 0 Å². The molecule has 1 aromatic heterocycles. The van der Waals surface area contributed by atoms with Crippen LogP contribution in [0.25, 0.3) is 10.9 Å². The minimum absolute atomic E-state index is 0.345. The summed E-state index contributed by atoms with van der Waals surface area (Å²) in [5, 5.41) is 10.4. The number of hydrogen-bond donors (Lipinski definition) is 0. The van der Waals surface area contributed by atoms with Crippen molar-refractivity contribution < 1.29 is 4.39 Å². The Morgan fingerprint density at radius 3 is 2.80 bits per heavy atom. The van der Waals surface area contributed by atoms with Crippen LogP contribution in [0.1, 0.15) is 11.1 Å². The predicted molar refractivity (Wildman–Crippen MR) is 77.2 cm³/mol. The summed E-state index contributed by atoms with van der Waals surface area (Å²) in [4.78, 5) is 0. The Bertz CT molecular complexity index is 830. The van der Waals surface area contributed by atoms with Gasteiger partial charge in [0.2, 0.25) is 0 Å². The third-order valence-corrected chi connectivity index (χ3v) is 3.64. The lowest BCUT2D eigenvalue weighted by molar-refractivity contribution is 0.626. The van der Waals surface area contributed by atoms with E-state index >= 15 is 0 Å². The van der Waals surface area contributed by atoms with Gasteiger partial charge in [-0.25, -0.2) is 4.39 Å². The van der Waals surface area contributed by atoms with Crippen LogP contribution in [0.4, 0.5) is 4.39 Å². The molecule has 0 fully saturated rings. The van der Waals surface area contributed by atoms with Crippen molar-refractivity contribution in [2.24, 2.45) is 0 Å². The van der Waals surface area contributed by atoms with E-state index in [2.05, 4.69) is 6.07 Å². The molecule has 0 N–H and O–H groups in total. The van der Waals surface area contributed by atoms with Crippen molar-refractivity contribution >= 4 is 22.5 Å². The second-order valence-electron chi connectivity index (χ2n) is 4.53. The molecule has 0 spiro atoms. The molecule has 0 aliphatic heterocycles. The van der Waals surface area contributed by atoms with Crippen molar-refractivity contribution in [3.05, 3.63) is 70.6 Å². The molecule has 2 nitrogen and oxygen atoms in total. The number of nitriles is 1. The molecule has 98 valence electrons. The largest absolute Gasteiger partial charge is 0.343 e. The van der Waals surface area contributed by atoms with Gasteiger partial charge in [-0.05, 0) is 35.9 Å². The molecule has 3 rings (SSSR count). The average molecular weight is 285 g/mol. The summed E-state index contributed by atoms with van der Waals surface area (Å²) in [7, 11) is 0. The zero-order valence-electron chi connectivity index (χ0n) is 10.5. The number of fused-ring (bicyclic) bond motifs is 1. The molecule has 0 unspecified atom stereocenters. The maximum atomic E-state index is 13.1. The molecule has 0 bridgehead atoms. The van der Waals surface area contributed by atoms with Gasteiger partial charge in [0, 0.05) is 28.7 Å². The summed E-state index contributed by atoms with van der Waals surface area (Å²) in [6, 6.07) is 14.1. The van der Waals surface area contributed by atoms with E-state index in [0.29, 0.717) is 17.1 Å². The fraction of sp³-hybridized carbons (Fsp3) is 0.0625. The molecule has 0 saturated carbocycles. The first-order valence-electron chi connectivity index (χ1n) is 6.11. The molecular weight excluding hydrogens is 275 g/mol. The van der Waals surface area contributed by atoms with E-state index in [1.54, 1.807) is 12.1 Å². The smallest absolute Gasteiger partial charge is 0.124 e. The molecule has 20 heavy (non-hydrogen) atoms. The highest BCUT2D eigenvalue weighted by Gasteiger charge is 2.08. The standard InChI is InChI=1S/C16H10ClFN2/c17-15-8-13(18)5-4-12(15)10-20-7-6-14-11(9-19)2-1-3-16(14)20/h1-8H,10H2. The van der Waals surface area contributed by atoms with Crippen LogP contribution in [0, 0.1) is 17.1 Å². The van der Waals surface area contributed by atoms with Crippen LogP contribution in [0.15, 0.2) is 48.7 Å². The van der Waals surface area contributed by atoms with Gasteiger partial charge in [0.15, 0.2) is 0 Å². The summed E-state index contributed by atoms with van der Waals surface area (Å²) in [6.07, 6.45) is 1.91. The molecular formula is C16H10ClFN2. The van der Waals surface area contributed by atoms with Crippen molar-refractivity contribution in [2.45, 2.75) is 6.54 Å². The molecule has 0 saturated heterocycles. The summed E-state index contributed by atoms with van der Waals surface area (Å²) in [5.41, 5.74) is 2.45. The lowest BCUT2D eigenvalue weighted by Crippen LogP contribution is -1.99. The number of benzene rings is 2. The minimum Gasteiger partial charge on any atom is -0.343 e. The second kappa shape index (κ2) is 4.99. The lowest BCUT2D eigenvalue weighted by atomic mass is 10.1. The number of hydrogen-bond acceptors (Lipinski definition) is 1. The van der Waals surface area contributed by atoms with Gasteiger partial charge in [-0.1, -0.05) is 23.7 Å². The Labute approximate surface area is 120 Å². The van der Waals surface area contributed by atoms with Gasteiger partial charge in [-0.3, -0.25) is 0 Å². The van der Waals surface area contributed by atoms with E-state index in [-0.39, 0.29) is 5.82 Å². The summed E-state index contributed by atoms with van der Waals surface area (Å²) in [6.45, 7) is 0.539. The first-order chi connectivity index (χ1) is 9.69. The van der Waals surface area contributed by atoms with Gasteiger partial charge in [0.1, 0.15) is 5.82 Å². The topological polar surface area (TPSA) is 28.7 Å². The normalized spacial score (nSPS) is 10.7. The maximum Gasteiger partial charge on any atom is 0.124 e. The van der Waals surface area contributed by atoms with Crippen LogP contribution in [0.3, 0.4) is 0 Å². The molecule has 1 heterocycles. The van der Waals surface area contributed by atoms with Gasteiger partial charge >= 0.3 is 0 Å². The predicted octanol–water partition coefficient (Wildman–Crippen LogP) is 4.35. The summed E-state index contributed by atoms with van der Waals surface area (Å²) in [5.74, 6) is -0.345. The molecule has 3 aromatic rings. The van der Waals surface area contributed by atoms with Crippen LogP contribution in [-0.2, 0) is 6.54 Å². The quantitative estimate of drug-likeness (QED) is 0.687. The second-order valence-corrected chi connectivity index (χ2v) is 4.94. The van der Waals surface area contributed by atoms with Gasteiger partial charge in [0.05, 0.1) is 11.6 Å². The zero-order chi connectivity index (χ0) is 14.1. The first kappa shape index (κ1) is 12.7. The SMILES string of the molecule is N#Cc1cccc2c1ccn2Cc1ccc(F)cc1Cl. The first-order valence-corrected chi connectivity index (χ1v) is 6.49. The van der Waals surface area contributed by atoms with E-state index < -0.39 is 0 Å². The lowest BCUT2D eigenvalue weighted by Gasteiger charge is -2.08. The van der Waals surface area contributed by atoms with Gasteiger partial charge < -0.3 is 4.57 Å². The molecule has 0 aliphatic carbocycles. The van der Waals surface area contributed by atoms with Crippen molar-refractivity contribution in [3.8, 4) is 6.07 Å². The van der Waals surface area contributed by atoms with Gasteiger partial charge in [-0.15, -0.1) is 0 Å². The Balaban J connectivity index is 2.06. The van der Waals surface area contributed by atoms with E-state index in [1.165, 1.54) is 12.1 Å². The molecule has 0 amide bonds. The van der Waals surface area contributed by atoms with Crippen LogP contribution >= 0.6 is 11.6 Å². The summed E-state index contributed by atoms with van der Waals surface area (Å²) >= 11 is 6.05. The van der Waals surface area contributed by atoms with Crippen molar-refractivity contribution in [3.63, 3.8) is 0 Å². The summed E-state index contributed by atoms with van der Waals surface area (Å²) < 4.78 is 15.0. The molecule has 2 aromatic carbocycles. The van der Waals surface area contributed by atoms with E-state index in [0.717, 1.165) is 16.5 Å². The zero-order valence-corrected chi connectivity index (χ0v) is 11.2. The molecule has 4 heteroatoms. The minimum atomic E-state index is -0.345. The Kier molecular flexibility index (Phi) is 3.17. The maximum absolute atomic E-state index is 13.1. The average Bonchev–Trinajstić information content (AvgIpc) is 2.85. The number of nitrogens with zero attached hydrogens (tertiary/aromatic N) is 2. The van der Waals surface area contributed by atoms with Crippen molar-refractivity contribution in [2.75, 3.05) is 0 Å². The van der Waals surface area contributed by atoms with Crippen LogP contribution in [0.2, 0.25) is 5.02 Å². The van der Waals surface area contributed by atoms with Crippen molar-refractivity contribution in [1.29, 1.82) is 5.26 Å². The van der Waals surface area contributed by atoms with E-state index in [4.69, 9.17) is 16.9 Å². The molecule has 0 atom stereocenters. The Morgan fingerprint density at radius 2 is 2.05 bits per heavy atom. The fourth-order valence-electron chi connectivity index (χ4n) is 2.29. The molecule has 0 aliphatic rings. The van der Waals surface area contributed by atoms with E-state index in [1.807, 2.05) is 29.0 Å². The number of halogens is 2. The highest BCUT2D eigenvalue weighted by Crippen LogP contribution is 2.23. The molecule has 0 radical (unpaired) electrons. The highest BCUT2D eigenvalue weighted by atomic mass is 35.5. The third kappa shape index (κ3) is 2.15. The van der Waals surface area contributed by atoms with Crippen molar-refractivity contribution in [1.82, 2.24) is 4.57 Å². The fourth-order valence-corrected chi connectivity index (χ4v) is 2.52. The van der Waals surface area contributed by atoms with E-state index in [9.17, 15) is 4.39 Å². The van der Waals surface area contributed by atoms with Crippen LogP contribution in [-0.4, -0.2) is 4.57 Å². The van der Waals surface area contributed by atoms with Gasteiger partial charge in [-0.2, -0.15) is 5.26 Å². The highest BCUT2D eigenvalue weighted by molar-refractivity contribution is 6.31. The van der Waals surface area contributed by atoms with Gasteiger partial charge in [0.25, 0.3) is 0 Å². The van der Waals surface area contributed by atoms with Crippen LogP contribution in [0.5, 0.6) is 0 Å². The Hall–Kier alpha value is -2.31. The Morgan fingerprint density at radius 1 is 1.20 bits per heavy atom.